The normalized spacial score (nSPS) is 10.9. The molecule has 0 unspecified atom stereocenters. The van der Waals surface area contributed by atoms with E-state index in [0.717, 1.165) is 36.7 Å². The summed E-state index contributed by atoms with van der Waals surface area (Å²) in [6.07, 6.45) is 2.82. The number of aryl methyl sites for hydroxylation is 1. The monoisotopic (exact) mass is 327 g/mol. The number of ether oxygens (including phenoxy) is 1. The third kappa shape index (κ3) is 4.63. The number of nitrogens with one attached hydrogen (secondary N) is 1. The van der Waals surface area contributed by atoms with Crippen LogP contribution in [0.25, 0.3) is 0 Å². The summed E-state index contributed by atoms with van der Waals surface area (Å²) in [5.74, 6) is 0.856. The van der Waals surface area contributed by atoms with Crippen LogP contribution >= 0.6 is 23.2 Å². The molecule has 1 heterocycles. The van der Waals surface area contributed by atoms with E-state index in [1.54, 1.807) is 13.2 Å². The summed E-state index contributed by atoms with van der Waals surface area (Å²) in [7, 11) is 1.69. The zero-order chi connectivity index (χ0) is 15.2. The summed E-state index contributed by atoms with van der Waals surface area (Å²) in [6.45, 7) is 4.17. The molecule has 21 heavy (non-hydrogen) atoms. The minimum absolute atomic E-state index is 0.655. The van der Waals surface area contributed by atoms with Gasteiger partial charge in [0.15, 0.2) is 0 Å². The van der Waals surface area contributed by atoms with Crippen LogP contribution in [0.5, 0.6) is 0 Å². The largest absolute Gasteiger partial charge is 0.383 e. The fraction of sp³-hybridized carbons (Fsp3) is 0.400. The van der Waals surface area contributed by atoms with Crippen molar-refractivity contribution in [3.63, 3.8) is 0 Å². The van der Waals surface area contributed by atoms with Crippen molar-refractivity contribution in [2.75, 3.05) is 25.6 Å². The van der Waals surface area contributed by atoms with Gasteiger partial charge in [-0.1, -0.05) is 29.3 Å². The molecule has 6 heteroatoms. The molecule has 0 aliphatic rings. The number of hydrogen-bond donors (Lipinski definition) is 1. The second kappa shape index (κ2) is 7.69. The van der Waals surface area contributed by atoms with Gasteiger partial charge in [-0.3, -0.25) is 0 Å². The predicted molar refractivity (Wildman–Crippen MR) is 87.5 cm³/mol. The van der Waals surface area contributed by atoms with Crippen LogP contribution in [0.4, 0.5) is 5.95 Å². The highest BCUT2D eigenvalue weighted by atomic mass is 35.5. The van der Waals surface area contributed by atoms with E-state index in [-0.39, 0.29) is 0 Å². The number of benzene rings is 1. The molecule has 114 valence electrons. The van der Waals surface area contributed by atoms with E-state index in [4.69, 9.17) is 27.9 Å². The molecular weight excluding hydrogens is 309 g/mol. The molecule has 0 bridgehead atoms. The van der Waals surface area contributed by atoms with E-state index in [1.807, 2.05) is 25.3 Å². The highest BCUT2D eigenvalue weighted by Crippen LogP contribution is 2.21. The van der Waals surface area contributed by atoms with Crippen molar-refractivity contribution in [2.45, 2.75) is 19.9 Å². The van der Waals surface area contributed by atoms with E-state index in [1.165, 1.54) is 0 Å². The number of hydrogen-bond acceptors (Lipinski definition) is 3. The fourth-order valence-corrected chi connectivity index (χ4v) is 2.58. The second-order valence-electron chi connectivity index (χ2n) is 4.80. The van der Waals surface area contributed by atoms with Crippen LogP contribution < -0.4 is 5.32 Å². The number of methoxy groups -OCH3 is 1. The summed E-state index contributed by atoms with van der Waals surface area (Å²) < 4.78 is 7.16. The molecule has 0 saturated carbocycles. The third-order valence-electron chi connectivity index (χ3n) is 3.13. The van der Waals surface area contributed by atoms with E-state index in [2.05, 4.69) is 14.9 Å². The van der Waals surface area contributed by atoms with Gasteiger partial charge in [0.2, 0.25) is 5.95 Å². The number of anilines is 1. The topological polar surface area (TPSA) is 39.1 Å². The lowest BCUT2D eigenvalue weighted by atomic mass is 10.1. The SMILES string of the molecule is COCCn1cc(C)nc1NCCc1ccc(Cl)cc1Cl. The number of rotatable bonds is 7. The van der Waals surface area contributed by atoms with E-state index < -0.39 is 0 Å². The number of imidazole rings is 1. The average Bonchev–Trinajstić information content (AvgIpc) is 2.79. The lowest BCUT2D eigenvalue weighted by Gasteiger charge is -2.10. The van der Waals surface area contributed by atoms with Gasteiger partial charge in [0.1, 0.15) is 0 Å². The summed E-state index contributed by atoms with van der Waals surface area (Å²) in [5, 5.41) is 4.69. The molecule has 1 N–H and O–H groups in total. The molecule has 2 rings (SSSR count). The van der Waals surface area contributed by atoms with Gasteiger partial charge in [-0.25, -0.2) is 4.98 Å². The molecule has 0 aliphatic heterocycles. The molecule has 0 radical (unpaired) electrons. The molecule has 0 spiro atoms. The quantitative estimate of drug-likeness (QED) is 0.840. The zero-order valence-corrected chi connectivity index (χ0v) is 13.7. The Kier molecular flexibility index (Phi) is 5.91. The summed E-state index contributed by atoms with van der Waals surface area (Å²) >= 11 is 12.1. The molecule has 0 fully saturated rings. The third-order valence-corrected chi connectivity index (χ3v) is 3.71. The van der Waals surface area contributed by atoms with Gasteiger partial charge in [0, 0.05) is 36.4 Å². The van der Waals surface area contributed by atoms with Crippen LogP contribution in [0.15, 0.2) is 24.4 Å². The average molecular weight is 328 g/mol. The van der Waals surface area contributed by atoms with Crippen molar-refractivity contribution in [3.05, 3.63) is 45.7 Å². The minimum Gasteiger partial charge on any atom is -0.383 e. The Morgan fingerprint density at radius 2 is 2.14 bits per heavy atom. The van der Waals surface area contributed by atoms with Crippen LogP contribution in [0.3, 0.4) is 0 Å². The fourth-order valence-electron chi connectivity index (χ4n) is 2.08. The molecule has 0 amide bonds. The maximum atomic E-state index is 6.17. The van der Waals surface area contributed by atoms with Gasteiger partial charge in [0.25, 0.3) is 0 Å². The van der Waals surface area contributed by atoms with E-state index in [9.17, 15) is 0 Å². The number of nitrogens with zero attached hydrogens (tertiary/aromatic N) is 2. The van der Waals surface area contributed by atoms with Crippen molar-refractivity contribution < 1.29 is 4.74 Å². The van der Waals surface area contributed by atoms with Crippen molar-refractivity contribution >= 4 is 29.2 Å². The Balaban J connectivity index is 1.93. The summed E-state index contributed by atoms with van der Waals surface area (Å²) in [6, 6.07) is 5.57. The number of aromatic nitrogens is 2. The number of halogens is 2. The van der Waals surface area contributed by atoms with Gasteiger partial charge in [-0.2, -0.15) is 0 Å². The van der Waals surface area contributed by atoms with Gasteiger partial charge in [-0.15, -0.1) is 0 Å². The van der Waals surface area contributed by atoms with Crippen LogP contribution in [-0.2, 0) is 17.7 Å². The highest BCUT2D eigenvalue weighted by molar-refractivity contribution is 6.35. The Morgan fingerprint density at radius 3 is 2.86 bits per heavy atom. The first kappa shape index (κ1) is 16.1. The van der Waals surface area contributed by atoms with Crippen molar-refractivity contribution in [3.8, 4) is 0 Å². The lowest BCUT2D eigenvalue weighted by Crippen LogP contribution is -2.12. The molecule has 1 aromatic heterocycles. The van der Waals surface area contributed by atoms with Gasteiger partial charge in [0.05, 0.1) is 12.3 Å². The molecule has 4 nitrogen and oxygen atoms in total. The van der Waals surface area contributed by atoms with Crippen LogP contribution in [-0.4, -0.2) is 29.8 Å². The van der Waals surface area contributed by atoms with Crippen LogP contribution in [0.1, 0.15) is 11.3 Å². The lowest BCUT2D eigenvalue weighted by molar-refractivity contribution is 0.187. The summed E-state index contributed by atoms with van der Waals surface area (Å²) in [5.41, 5.74) is 2.05. The maximum Gasteiger partial charge on any atom is 0.203 e. The Labute approximate surface area is 135 Å². The van der Waals surface area contributed by atoms with E-state index in [0.29, 0.717) is 16.7 Å². The van der Waals surface area contributed by atoms with Crippen molar-refractivity contribution in [1.29, 1.82) is 0 Å². The van der Waals surface area contributed by atoms with E-state index >= 15 is 0 Å². The van der Waals surface area contributed by atoms with Crippen molar-refractivity contribution in [1.82, 2.24) is 9.55 Å². The Bertz CT molecular complexity index is 599. The highest BCUT2D eigenvalue weighted by Gasteiger charge is 2.06. The first-order valence-electron chi connectivity index (χ1n) is 6.80. The standard InChI is InChI=1S/C15H19Cl2N3O/c1-11-10-20(7-8-21-2)15(19-11)18-6-5-12-3-4-13(16)9-14(12)17/h3-4,9-10H,5-8H2,1-2H3,(H,18,19). The predicted octanol–water partition coefficient (Wildman–Crippen LogP) is 3.80. The molecule has 1 aromatic carbocycles. The summed E-state index contributed by atoms with van der Waals surface area (Å²) in [4.78, 5) is 4.47. The zero-order valence-electron chi connectivity index (χ0n) is 12.2. The van der Waals surface area contributed by atoms with Crippen LogP contribution in [0.2, 0.25) is 10.0 Å². The molecule has 0 saturated heterocycles. The smallest absolute Gasteiger partial charge is 0.203 e. The van der Waals surface area contributed by atoms with Crippen LogP contribution in [0, 0.1) is 6.92 Å². The van der Waals surface area contributed by atoms with Crippen molar-refractivity contribution in [2.24, 2.45) is 0 Å². The van der Waals surface area contributed by atoms with Gasteiger partial charge >= 0.3 is 0 Å². The Hall–Kier alpha value is -1.23. The van der Waals surface area contributed by atoms with Gasteiger partial charge < -0.3 is 14.6 Å². The first-order valence-corrected chi connectivity index (χ1v) is 7.56. The Morgan fingerprint density at radius 1 is 1.33 bits per heavy atom. The molecule has 2 aromatic rings. The second-order valence-corrected chi connectivity index (χ2v) is 5.65. The first-order chi connectivity index (χ1) is 10.1. The molecule has 0 aliphatic carbocycles. The minimum atomic E-state index is 0.655. The molecular formula is C15H19Cl2N3O. The molecule has 0 atom stereocenters. The van der Waals surface area contributed by atoms with Gasteiger partial charge in [-0.05, 0) is 31.0 Å². The maximum absolute atomic E-state index is 6.17.